The Hall–Kier alpha value is -2.04. The maximum atomic E-state index is 12.0. The Morgan fingerprint density at radius 3 is 2.25 bits per heavy atom. The van der Waals surface area contributed by atoms with Gasteiger partial charge in [0.05, 0.1) is 12.2 Å². The molecule has 0 saturated heterocycles. The molecule has 4 nitrogen and oxygen atoms in total. The van der Waals surface area contributed by atoms with Crippen molar-refractivity contribution in [2.24, 2.45) is 0 Å². The molecule has 126 valence electrons. The molecule has 0 aliphatic rings. The van der Waals surface area contributed by atoms with E-state index < -0.39 is 0 Å². The van der Waals surface area contributed by atoms with E-state index in [0.717, 1.165) is 5.56 Å². The van der Waals surface area contributed by atoms with Gasteiger partial charge in [0.25, 0.3) is 0 Å². The number of carbonyl (C=O) groups excluding carboxylic acids is 2. The molecule has 0 saturated carbocycles. The summed E-state index contributed by atoms with van der Waals surface area (Å²) in [6.07, 6.45) is 0.703. The summed E-state index contributed by atoms with van der Waals surface area (Å²) in [6.45, 7) is 2.07. The number of amides is 1. The van der Waals surface area contributed by atoms with E-state index in [2.05, 4.69) is 5.32 Å². The number of hydrogen-bond donors (Lipinski definition) is 1. The summed E-state index contributed by atoms with van der Waals surface area (Å²) < 4.78 is 4.91. The molecule has 0 bridgehead atoms. The van der Waals surface area contributed by atoms with E-state index in [1.165, 1.54) is 0 Å². The summed E-state index contributed by atoms with van der Waals surface area (Å²) in [4.78, 5) is 23.6. The van der Waals surface area contributed by atoms with Crippen LogP contribution >= 0.6 is 23.2 Å². The molecule has 0 aliphatic heterocycles. The van der Waals surface area contributed by atoms with Crippen LogP contribution in [0.1, 0.15) is 29.3 Å². The standard InChI is InChI=1S/C18H17Cl2NO3/c1-2-24-18(23)12-6-8-13(9-7-12)21-17(22)11-10-14-15(19)4-3-5-16(14)20/h3-9H,2,10-11H2,1H3,(H,21,22). The highest BCUT2D eigenvalue weighted by Crippen LogP contribution is 2.25. The van der Waals surface area contributed by atoms with Gasteiger partial charge in [-0.25, -0.2) is 4.79 Å². The fourth-order valence-electron chi connectivity index (χ4n) is 2.14. The van der Waals surface area contributed by atoms with Crippen molar-refractivity contribution in [1.29, 1.82) is 0 Å². The van der Waals surface area contributed by atoms with Gasteiger partial charge in [-0.3, -0.25) is 4.79 Å². The molecule has 2 aromatic carbocycles. The van der Waals surface area contributed by atoms with Crippen LogP contribution in [0, 0.1) is 0 Å². The second-order valence-corrected chi connectivity index (χ2v) is 5.86. The van der Waals surface area contributed by atoms with Crippen LogP contribution in [-0.2, 0) is 16.0 Å². The molecule has 0 aliphatic carbocycles. The van der Waals surface area contributed by atoms with Crippen LogP contribution in [-0.4, -0.2) is 18.5 Å². The highest BCUT2D eigenvalue weighted by molar-refractivity contribution is 6.36. The first-order chi connectivity index (χ1) is 11.5. The molecular formula is C18H17Cl2NO3. The SMILES string of the molecule is CCOC(=O)c1ccc(NC(=O)CCc2c(Cl)cccc2Cl)cc1. The van der Waals surface area contributed by atoms with Crippen LogP contribution in [0.3, 0.4) is 0 Å². The number of ether oxygens (including phenoxy) is 1. The Bertz CT molecular complexity index is 709. The van der Waals surface area contributed by atoms with Crippen molar-refractivity contribution < 1.29 is 14.3 Å². The molecule has 2 rings (SSSR count). The quantitative estimate of drug-likeness (QED) is 0.752. The number of nitrogens with one attached hydrogen (secondary N) is 1. The zero-order valence-corrected chi connectivity index (χ0v) is 14.7. The van der Waals surface area contributed by atoms with E-state index >= 15 is 0 Å². The third-order valence-corrected chi connectivity index (χ3v) is 4.05. The van der Waals surface area contributed by atoms with E-state index in [0.29, 0.717) is 34.3 Å². The first kappa shape index (κ1) is 18.3. The van der Waals surface area contributed by atoms with Gasteiger partial charge in [0.1, 0.15) is 0 Å². The number of esters is 1. The maximum absolute atomic E-state index is 12.0. The molecule has 0 spiro atoms. The minimum atomic E-state index is -0.385. The van der Waals surface area contributed by atoms with Gasteiger partial charge in [0, 0.05) is 22.2 Å². The summed E-state index contributed by atoms with van der Waals surface area (Å²) >= 11 is 12.2. The van der Waals surface area contributed by atoms with Gasteiger partial charge >= 0.3 is 5.97 Å². The van der Waals surface area contributed by atoms with Gasteiger partial charge in [0.2, 0.25) is 5.91 Å². The molecule has 0 heterocycles. The first-order valence-electron chi connectivity index (χ1n) is 7.51. The lowest BCUT2D eigenvalue weighted by Gasteiger charge is -2.08. The van der Waals surface area contributed by atoms with E-state index in [4.69, 9.17) is 27.9 Å². The van der Waals surface area contributed by atoms with E-state index in [1.807, 2.05) is 0 Å². The molecule has 0 unspecified atom stereocenters. The summed E-state index contributed by atoms with van der Waals surface area (Å²) in [5.41, 5.74) is 1.81. The molecule has 0 fully saturated rings. The predicted molar refractivity (Wildman–Crippen MR) is 95.8 cm³/mol. The topological polar surface area (TPSA) is 55.4 Å². The smallest absolute Gasteiger partial charge is 0.338 e. The number of hydrogen-bond acceptors (Lipinski definition) is 3. The summed E-state index contributed by atoms with van der Waals surface area (Å²) in [7, 11) is 0. The lowest BCUT2D eigenvalue weighted by atomic mass is 10.1. The monoisotopic (exact) mass is 365 g/mol. The second-order valence-electron chi connectivity index (χ2n) is 5.05. The third kappa shape index (κ3) is 4.98. The minimum absolute atomic E-state index is 0.158. The van der Waals surface area contributed by atoms with Crippen molar-refractivity contribution in [3.63, 3.8) is 0 Å². The molecule has 6 heteroatoms. The van der Waals surface area contributed by atoms with Crippen LogP contribution in [0.4, 0.5) is 5.69 Å². The van der Waals surface area contributed by atoms with Crippen molar-refractivity contribution in [3.8, 4) is 0 Å². The number of anilines is 1. The molecule has 1 N–H and O–H groups in total. The van der Waals surface area contributed by atoms with Crippen LogP contribution in [0.5, 0.6) is 0 Å². The van der Waals surface area contributed by atoms with Crippen LogP contribution in [0.2, 0.25) is 10.0 Å². The fourth-order valence-corrected chi connectivity index (χ4v) is 2.72. The van der Waals surface area contributed by atoms with Crippen molar-refractivity contribution in [3.05, 3.63) is 63.6 Å². The largest absolute Gasteiger partial charge is 0.462 e. The van der Waals surface area contributed by atoms with Crippen LogP contribution in [0.15, 0.2) is 42.5 Å². The molecular weight excluding hydrogens is 349 g/mol. The van der Waals surface area contributed by atoms with Crippen molar-refractivity contribution in [1.82, 2.24) is 0 Å². The van der Waals surface area contributed by atoms with Gasteiger partial charge < -0.3 is 10.1 Å². The van der Waals surface area contributed by atoms with Gasteiger partial charge in [-0.1, -0.05) is 29.3 Å². The lowest BCUT2D eigenvalue weighted by molar-refractivity contribution is -0.116. The zero-order chi connectivity index (χ0) is 17.5. The minimum Gasteiger partial charge on any atom is -0.462 e. The first-order valence-corrected chi connectivity index (χ1v) is 8.26. The Labute approximate surface area is 150 Å². The normalized spacial score (nSPS) is 10.3. The fraction of sp³-hybridized carbons (Fsp3) is 0.222. The average Bonchev–Trinajstić information content (AvgIpc) is 2.55. The van der Waals surface area contributed by atoms with Gasteiger partial charge in [0.15, 0.2) is 0 Å². The number of halogens is 2. The zero-order valence-electron chi connectivity index (χ0n) is 13.1. The molecule has 0 radical (unpaired) electrons. The molecule has 0 atom stereocenters. The number of carbonyl (C=O) groups is 2. The summed E-state index contributed by atoms with van der Waals surface area (Å²) in [5, 5.41) is 3.87. The van der Waals surface area contributed by atoms with Gasteiger partial charge in [-0.2, -0.15) is 0 Å². The maximum Gasteiger partial charge on any atom is 0.338 e. The summed E-state index contributed by atoms with van der Waals surface area (Å²) in [5.74, 6) is -0.543. The predicted octanol–water partition coefficient (Wildman–Crippen LogP) is 4.74. The second kappa shape index (κ2) is 8.71. The van der Waals surface area contributed by atoms with Crippen LogP contribution in [0.25, 0.3) is 0 Å². The van der Waals surface area contributed by atoms with Gasteiger partial charge in [-0.15, -0.1) is 0 Å². The van der Waals surface area contributed by atoms with Crippen molar-refractivity contribution >= 4 is 40.8 Å². The molecule has 24 heavy (non-hydrogen) atoms. The van der Waals surface area contributed by atoms with E-state index in [9.17, 15) is 9.59 Å². The summed E-state index contributed by atoms with van der Waals surface area (Å²) in [6, 6.07) is 11.8. The Morgan fingerprint density at radius 2 is 1.67 bits per heavy atom. The molecule has 2 aromatic rings. The molecule has 0 aromatic heterocycles. The number of rotatable bonds is 6. The van der Waals surface area contributed by atoms with Crippen molar-refractivity contribution in [2.75, 3.05) is 11.9 Å². The van der Waals surface area contributed by atoms with Crippen molar-refractivity contribution in [2.45, 2.75) is 19.8 Å². The van der Waals surface area contributed by atoms with Crippen LogP contribution < -0.4 is 5.32 Å². The molecule has 1 amide bonds. The Kier molecular flexibility index (Phi) is 6.64. The third-order valence-electron chi connectivity index (χ3n) is 3.34. The average molecular weight is 366 g/mol. The lowest BCUT2D eigenvalue weighted by Crippen LogP contribution is -2.13. The number of benzene rings is 2. The Balaban J connectivity index is 1.92. The highest BCUT2D eigenvalue weighted by atomic mass is 35.5. The van der Waals surface area contributed by atoms with Gasteiger partial charge in [-0.05, 0) is 55.3 Å². The van der Waals surface area contributed by atoms with E-state index in [1.54, 1.807) is 49.4 Å². The Morgan fingerprint density at radius 1 is 1.04 bits per heavy atom. The van der Waals surface area contributed by atoms with E-state index in [-0.39, 0.29) is 18.3 Å². The highest BCUT2D eigenvalue weighted by Gasteiger charge is 2.10.